The van der Waals surface area contributed by atoms with Crippen molar-refractivity contribution in [1.82, 2.24) is 4.98 Å². The molecule has 0 bridgehead atoms. The van der Waals surface area contributed by atoms with E-state index in [1.807, 2.05) is 0 Å². The van der Waals surface area contributed by atoms with E-state index < -0.39 is 12.2 Å². The van der Waals surface area contributed by atoms with Crippen molar-refractivity contribution in [3.05, 3.63) is 15.2 Å². The zero-order chi connectivity index (χ0) is 12.3. The molecule has 1 N–H and O–H groups in total. The second-order valence-electron chi connectivity index (χ2n) is 2.64. The Morgan fingerprint density at radius 1 is 1.50 bits per heavy atom. The molecule has 0 unspecified atom stereocenters. The van der Waals surface area contributed by atoms with Gasteiger partial charge in [0, 0.05) is 9.64 Å². The van der Waals surface area contributed by atoms with Crippen LogP contribution in [0.15, 0.2) is 6.07 Å². The average molecular weight is 349 g/mol. The zero-order valence-electron chi connectivity index (χ0n) is 8.01. The number of methoxy groups -OCH3 is 1. The van der Waals surface area contributed by atoms with Gasteiger partial charge in [0.05, 0.1) is 19.3 Å². The highest BCUT2D eigenvalue weighted by molar-refractivity contribution is 14.1. The molecule has 0 amide bonds. The third-order valence-corrected chi connectivity index (χ3v) is 2.54. The van der Waals surface area contributed by atoms with Crippen molar-refractivity contribution in [1.29, 1.82) is 0 Å². The van der Waals surface area contributed by atoms with Gasteiger partial charge in [-0.15, -0.1) is 13.2 Å². The van der Waals surface area contributed by atoms with Crippen LogP contribution in [0.5, 0.6) is 11.8 Å². The van der Waals surface area contributed by atoms with Crippen LogP contribution in [-0.4, -0.2) is 23.6 Å². The summed E-state index contributed by atoms with van der Waals surface area (Å²) in [7, 11) is 1.24. The molecular formula is C8H7F3INO3. The topological polar surface area (TPSA) is 51.6 Å². The first kappa shape index (κ1) is 13.3. The number of aliphatic hydroxyl groups excluding tert-OH is 1. The Labute approximate surface area is 103 Å². The van der Waals surface area contributed by atoms with E-state index in [-0.39, 0.29) is 12.5 Å². The maximum absolute atomic E-state index is 11.9. The van der Waals surface area contributed by atoms with E-state index in [1.54, 1.807) is 22.6 Å². The lowest BCUT2D eigenvalue weighted by atomic mass is 10.3. The van der Waals surface area contributed by atoms with Gasteiger partial charge in [-0.1, -0.05) is 0 Å². The number of ether oxygens (including phenoxy) is 2. The lowest BCUT2D eigenvalue weighted by Gasteiger charge is -2.12. The molecule has 16 heavy (non-hydrogen) atoms. The molecule has 90 valence electrons. The van der Waals surface area contributed by atoms with E-state index in [1.165, 1.54) is 7.11 Å². The second-order valence-corrected chi connectivity index (χ2v) is 3.80. The van der Waals surface area contributed by atoms with E-state index in [4.69, 9.17) is 9.84 Å². The van der Waals surface area contributed by atoms with Crippen molar-refractivity contribution in [3.63, 3.8) is 0 Å². The molecule has 0 aliphatic rings. The Hall–Kier alpha value is -0.770. The van der Waals surface area contributed by atoms with E-state index in [2.05, 4.69) is 9.72 Å². The third kappa shape index (κ3) is 3.37. The highest BCUT2D eigenvalue weighted by Gasteiger charge is 2.32. The fourth-order valence-electron chi connectivity index (χ4n) is 0.980. The van der Waals surface area contributed by atoms with Gasteiger partial charge in [-0.25, -0.2) is 0 Å². The van der Waals surface area contributed by atoms with Crippen molar-refractivity contribution in [2.75, 3.05) is 7.11 Å². The molecule has 0 saturated carbocycles. The van der Waals surface area contributed by atoms with Gasteiger partial charge in [0.2, 0.25) is 11.8 Å². The van der Waals surface area contributed by atoms with Gasteiger partial charge in [-0.05, 0) is 22.6 Å². The Bertz CT molecular complexity index is 384. The van der Waals surface area contributed by atoms with E-state index in [0.29, 0.717) is 9.13 Å². The predicted molar refractivity (Wildman–Crippen MR) is 56.1 cm³/mol. The summed E-state index contributed by atoms with van der Waals surface area (Å²) in [6.45, 7) is -0.374. The van der Waals surface area contributed by atoms with Gasteiger partial charge in [0.15, 0.2) is 0 Å². The van der Waals surface area contributed by atoms with E-state index >= 15 is 0 Å². The van der Waals surface area contributed by atoms with E-state index in [9.17, 15) is 13.2 Å². The molecule has 1 aromatic rings. The van der Waals surface area contributed by atoms with Crippen LogP contribution in [0, 0.1) is 3.57 Å². The number of aromatic nitrogens is 1. The molecule has 0 fully saturated rings. The summed E-state index contributed by atoms with van der Waals surface area (Å²) in [4.78, 5) is 3.48. The molecule has 0 saturated heterocycles. The molecule has 0 radical (unpaired) electrons. The number of aliphatic hydroxyl groups is 1. The maximum Gasteiger partial charge on any atom is 0.574 e. The lowest BCUT2D eigenvalue weighted by Crippen LogP contribution is -2.18. The summed E-state index contributed by atoms with van der Waals surface area (Å²) < 4.78 is 44.6. The molecule has 4 nitrogen and oxygen atoms in total. The van der Waals surface area contributed by atoms with E-state index in [0.717, 1.165) is 6.07 Å². The summed E-state index contributed by atoms with van der Waals surface area (Å²) in [6.07, 6.45) is -4.80. The van der Waals surface area contributed by atoms with Crippen molar-refractivity contribution >= 4 is 22.6 Å². The number of halogens is 4. The highest BCUT2D eigenvalue weighted by atomic mass is 127. The minimum absolute atomic E-state index is 0.0892. The molecule has 0 atom stereocenters. The quantitative estimate of drug-likeness (QED) is 0.850. The Balaban J connectivity index is 3.10. The van der Waals surface area contributed by atoms with Crippen LogP contribution >= 0.6 is 22.6 Å². The third-order valence-electron chi connectivity index (χ3n) is 1.58. The van der Waals surface area contributed by atoms with Crippen LogP contribution in [0.2, 0.25) is 0 Å². The smallest absolute Gasteiger partial charge is 0.481 e. The lowest BCUT2D eigenvalue weighted by molar-refractivity contribution is -0.276. The largest absolute Gasteiger partial charge is 0.574 e. The Morgan fingerprint density at radius 2 is 2.12 bits per heavy atom. The fraction of sp³-hybridized carbons (Fsp3) is 0.375. The molecular weight excluding hydrogens is 342 g/mol. The van der Waals surface area contributed by atoms with Crippen LogP contribution in [0.4, 0.5) is 13.2 Å². The fourth-order valence-corrected chi connectivity index (χ4v) is 1.65. The number of hydrogen-bond donors (Lipinski definition) is 1. The number of alkyl halides is 3. The summed E-state index contributed by atoms with van der Waals surface area (Å²) in [5, 5.41) is 8.97. The zero-order valence-corrected chi connectivity index (χ0v) is 10.2. The van der Waals surface area contributed by atoms with Gasteiger partial charge in [-0.3, -0.25) is 0 Å². The van der Waals surface area contributed by atoms with Gasteiger partial charge in [0.1, 0.15) is 0 Å². The molecule has 0 spiro atoms. The number of nitrogens with zero attached hydrogens (tertiary/aromatic N) is 1. The number of hydrogen-bond acceptors (Lipinski definition) is 4. The SMILES string of the molecule is COc1nc(OC(F)(F)F)cc(I)c1CO. The molecule has 8 heteroatoms. The van der Waals surface area contributed by atoms with Gasteiger partial charge < -0.3 is 14.6 Å². The Morgan fingerprint density at radius 3 is 2.56 bits per heavy atom. The van der Waals surface area contributed by atoms with Crippen molar-refractivity contribution in [3.8, 4) is 11.8 Å². The first-order valence-electron chi connectivity index (χ1n) is 3.97. The van der Waals surface area contributed by atoms with Gasteiger partial charge in [-0.2, -0.15) is 4.98 Å². The standard InChI is InChI=1S/C8H7F3INO3/c1-15-7-4(3-14)5(12)2-6(13-7)16-8(9,10)11/h2,14H,3H2,1H3. The van der Waals surface area contributed by atoms with Crippen LogP contribution in [0.3, 0.4) is 0 Å². The molecule has 1 aromatic heterocycles. The molecule has 1 heterocycles. The summed E-state index contributed by atoms with van der Waals surface area (Å²) in [5.41, 5.74) is 0.317. The summed E-state index contributed by atoms with van der Waals surface area (Å²) >= 11 is 1.76. The number of pyridine rings is 1. The molecule has 1 rings (SSSR count). The van der Waals surface area contributed by atoms with Crippen LogP contribution in [0.25, 0.3) is 0 Å². The molecule has 0 aliphatic heterocycles. The normalized spacial score (nSPS) is 11.4. The number of rotatable bonds is 3. The first-order chi connectivity index (χ1) is 7.37. The van der Waals surface area contributed by atoms with Gasteiger partial charge >= 0.3 is 6.36 Å². The minimum atomic E-state index is -4.80. The van der Waals surface area contributed by atoms with Crippen LogP contribution < -0.4 is 9.47 Å². The second kappa shape index (κ2) is 5.04. The summed E-state index contributed by atoms with van der Waals surface area (Å²) in [6, 6.07) is 1.07. The highest BCUT2D eigenvalue weighted by Crippen LogP contribution is 2.29. The summed E-state index contributed by atoms with van der Waals surface area (Å²) in [5.74, 6) is -0.709. The predicted octanol–water partition coefficient (Wildman–Crippen LogP) is 2.09. The molecule has 0 aliphatic carbocycles. The monoisotopic (exact) mass is 349 g/mol. The van der Waals surface area contributed by atoms with Crippen molar-refractivity contribution < 1.29 is 27.8 Å². The minimum Gasteiger partial charge on any atom is -0.481 e. The van der Waals surface area contributed by atoms with Crippen LogP contribution in [-0.2, 0) is 6.61 Å². The van der Waals surface area contributed by atoms with Crippen molar-refractivity contribution in [2.45, 2.75) is 13.0 Å². The first-order valence-corrected chi connectivity index (χ1v) is 5.05. The Kier molecular flexibility index (Phi) is 4.19. The van der Waals surface area contributed by atoms with Gasteiger partial charge in [0.25, 0.3) is 0 Å². The van der Waals surface area contributed by atoms with Crippen LogP contribution in [0.1, 0.15) is 5.56 Å². The average Bonchev–Trinajstić information content (AvgIpc) is 2.14. The molecule has 0 aromatic carbocycles. The van der Waals surface area contributed by atoms with Crippen molar-refractivity contribution in [2.24, 2.45) is 0 Å². The maximum atomic E-state index is 11.9.